The second-order valence-electron chi connectivity index (χ2n) is 10.7. The van der Waals surface area contributed by atoms with Crippen LogP contribution in [0.1, 0.15) is 0 Å². The van der Waals surface area contributed by atoms with E-state index in [2.05, 4.69) is 203 Å². The van der Waals surface area contributed by atoms with Crippen molar-refractivity contribution in [1.82, 2.24) is 0 Å². The van der Waals surface area contributed by atoms with E-state index in [1.165, 1.54) is 37.2 Å². The zero-order chi connectivity index (χ0) is 29.1. The van der Waals surface area contributed by atoms with Gasteiger partial charge in [-0.2, -0.15) is 0 Å². The Morgan fingerprint density at radius 1 is 0.372 bits per heavy atom. The lowest BCUT2D eigenvalue weighted by atomic mass is 10.1. The lowest BCUT2D eigenvalue weighted by molar-refractivity contribution is 1.30. The fourth-order valence-electron chi connectivity index (χ4n) is 6.34. The molecule has 0 bridgehead atoms. The summed E-state index contributed by atoms with van der Waals surface area (Å²) in [5.41, 5.74) is 3.43. The molecule has 7 aromatic rings. The maximum absolute atomic E-state index is 3.68. The fraction of sp³-hybridized carbons (Fsp3) is 0. The molecule has 0 atom stereocenters. The van der Waals surface area contributed by atoms with Gasteiger partial charge in [-0.25, -0.2) is 0 Å². The molecule has 0 aliphatic rings. The summed E-state index contributed by atoms with van der Waals surface area (Å²) < 4.78 is 1.09. The highest BCUT2D eigenvalue weighted by Gasteiger charge is 2.41. The first-order valence-corrected chi connectivity index (χ1v) is 17.3. The van der Waals surface area contributed by atoms with Crippen molar-refractivity contribution in [3.63, 3.8) is 0 Å². The molecule has 0 aliphatic carbocycles. The summed E-state index contributed by atoms with van der Waals surface area (Å²) in [5, 5.41) is 7.89. The standard InChI is InChI=1S/C40H30BrNSi/c41-32-23-27-37(28-24-32)43(35-17-6-2-7-18-35,36-19-8-3-9-20-36)38-29-25-34(26-30-38)42(33-15-4-1-5-16-33)40-22-12-14-31-13-10-11-21-39(31)40/h1-30H. The topological polar surface area (TPSA) is 3.24 Å². The maximum Gasteiger partial charge on any atom is 0.179 e. The molecular formula is C40H30BrNSi. The number of hydrogen-bond acceptors (Lipinski definition) is 1. The van der Waals surface area contributed by atoms with Gasteiger partial charge in [0.25, 0.3) is 0 Å². The van der Waals surface area contributed by atoms with Gasteiger partial charge in [-0.3, -0.25) is 0 Å². The monoisotopic (exact) mass is 631 g/mol. The first-order valence-electron chi connectivity index (χ1n) is 14.6. The van der Waals surface area contributed by atoms with Gasteiger partial charge in [-0.05, 0) is 68.6 Å². The average molecular weight is 633 g/mol. The summed E-state index contributed by atoms with van der Waals surface area (Å²) in [6.45, 7) is 0. The van der Waals surface area contributed by atoms with Gasteiger partial charge in [-0.15, -0.1) is 0 Å². The van der Waals surface area contributed by atoms with E-state index in [4.69, 9.17) is 0 Å². The Labute approximate surface area is 262 Å². The van der Waals surface area contributed by atoms with Crippen LogP contribution in [0.3, 0.4) is 0 Å². The Balaban J connectivity index is 1.46. The minimum absolute atomic E-state index is 1.09. The van der Waals surface area contributed by atoms with Crippen LogP contribution in [0.5, 0.6) is 0 Å². The largest absolute Gasteiger partial charge is 0.310 e. The van der Waals surface area contributed by atoms with Gasteiger partial charge in [0.15, 0.2) is 8.07 Å². The molecule has 0 aromatic heterocycles. The highest BCUT2D eigenvalue weighted by molar-refractivity contribution is 9.10. The van der Waals surface area contributed by atoms with Crippen molar-refractivity contribution < 1.29 is 0 Å². The summed E-state index contributed by atoms with van der Waals surface area (Å²) in [7, 11) is -2.62. The summed E-state index contributed by atoms with van der Waals surface area (Å²) >= 11 is 3.68. The molecule has 0 fully saturated rings. The molecule has 7 rings (SSSR count). The molecule has 0 radical (unpaired) electrons. The molecule has 0 saturated heterocycles. The highest BCUT2D eigenvalue weighted by Crippen LogP contribution is 2.38. The minimum Gasteiger partial charge on any atom is -0.310 e. The molecule has 0 heterocycles. The average Bonchev–Trinajstić information content (AvgIpc) is 3.08. The Morgan fingerprint density at radius 3 is 1.42 bits per heavy atom. The molecule has 0 aliphatic heterocycles. The van der Waals surface area contributed by atoms with Crippen molar-refractivity contribution >= 4 is 72.6 Å². The number of hydrogen-bond donors (Lipinski definition) is 0. The van der Waals surface area contributed by atoms with Crippen LogP contribution in [0, 0.1) is 0 Å². The molecule has 3 heteroatoms. The Morgan fingerprint density at radius 2 is 0.814 bits per heavy atom. The quantitative estimate of drug-likeness (QED) is 0.126. The van der Waals surface area contributed by atoms with E-state index in [0.717, 1.165) is 15.8 Å². The van der Waals surface area contributed by atoms with E-state index < -0.39 is 8.07 Å². The number of nitrogens with zero attached hydrogens (tertiary/aromatic N) is 1. The zero-order valence-electron chi connectivity index (χ0n) is 23.6. The number of fused-ring (bicyclic) bond motifs is 1. The van der Waals surface area contributed by atoms with E-state index in [-0.39, 0.29) is 0 Å². The van der Waals surface area contributed by atoms with Crippen molar-refractivity contribution in [3.8, 4) is 0 Å². The van der Waals surface area contributed by atoms with Crippen LogP contribution >= 0.6 is 15.9 Å². The van der Waals surface area contributed by atoms with Gasteiger partial charge in [-0.1, -0.05) is 155 Å². The van der Waals surface area contributed by atoms with Gasteiger partial charge in [0.1, 0.15) is 0 Å². The van der Waals surface area contributed by atoms with Gasteiger partial charge in [0.2, 0.25) is 0 Å². The van der Waals surface area contributed by atoms with Crippen molar-refractivity contribution in [2.75, 3.05) is 4.90 Å². The molecule has 206 valence electrons. The van der Waals surface area contributed by atoms with Crippen LogP contribution < -0.4 is 25.6 Å². The molecule has 0 spiro atoms. The van der Waals surface area contributed by atoms with Crippen molar-refractivity contribution in [2.24, 2.45) is 0 Å². The Kier molecular flexibility index (Phi) is 7.50. The van der Waals surface area contributed by atoms with Crippen LogP contribution in [0.4, 0.5) is 17.1 Å². The second kappa shape index (κ2) is 11.9. The van der Waals surface area contributed by atoms with E-state index in [1.807, 2.05) is 0 Å². The molecule has 0 N–H and O–H groups in total. The van der Waals surface area contributed by atoms with Gasteiger partial charge < -0.3 is 4.90 Å². The third-order valence-electron chi connectivity index (χ3n) is 8.27. The van der Waals surface area contributed by atoms with Crippen LogP contribution in [-0.2, 0) is 0 Å². The second-order valence-corrected chi connectivity index (χ2v) is 15.4. The van der Waals surface area contributed by atoms with Crippen molar-refractivity contribution in [1.29, 1.82) is 0 Å². The van der Waals surface area contributed by atoms with Crippen LogP contribution in [0.2, 0.25) is 0 Å². The molecule has 1 nitrogen and oxygen atoms in total. The van der Waals surface area contributed by atoms with E-state index in [1.54, 1.807) is 0 Å². The first kappa shape index (κ1) is 27.1. The normalized spacial score (nSPS) is 11.4. The van der Waals surface area contributed by atoms with Gasteiger partial charge in [0.05, 0.1) is 5.69 Å². The third kappa shape index (κ3) is 5.01. The molecule has 0 unspecified atom stereocenters. The molecule has 7 aromatic carbocycles. The van der Waals surface area contributed by atoms with E-state index >= 15 is 0 Å². The molecule has 0 amide bonds. The van der Waals surface area contributed by atoms with Crippen LogP contribution in [0.25, 0.3) is 10.8 Å². The number of halogens is 1. The molecule has 43 heavy (non-hydrogen) atoms. The van der Waals surface area contributed by atoms with Gasteiger partial charge in [0, 0.05) is 21.2 Å². The summed E-state index contributed by atoms with van der Waals surface area (Å²) in [6.07, 6.45) is 0. The SMILES string of the molecule is Brc1ccc([Si](c2ccccc2)(c2ccccc2)c2ccc(N(c3ccccc3)c3cccc4ccccc34)cc2)cc1. The Hall–Kier alpha value is -4.70. The van der Waals surface area contributed by atoms with Gasteiger partial charge >= 0.3 is 0 Å². The number of benzene rings is 7. The predicted octanol–water partition coefficient (Wildman–Crippen LogP) is 8.45. The van der Waals surface area contributed by atoms with Crippen molar-refractivity contribution in [2.45, 2.75) is 0 Å². The lowest BCUT2D eigenvalue weighted by Crippen LogP contribution is -2.74. The van der Waals surface area contributed by atoms with E-state index in [0.29, 0.717) is 0 Å². The first-order chi connectivity index (χ1) is 21.2. The van der Waals surface area contributed by atoms with Crippen LogP contribution in [0.15, 0.2) is 186 Å². The third-order valence-corrected chi connectivity index (χ3v) is 13.6. The minimum atomic E-state index is -2.62. The number of rotatable bonds is 7. The highest BCUT2D eigenvalue weighted by atomic mass is 79.9. The number of anilines is 3. The predicted molar refractivity (Wildman–Crippen MR) is 190 cm³/mol. The van der Waals surface area contributed by atoms with E-state index in [9.17, 15) is 0 Å². The summed E-state index contributed by atoms with van der Waals surface area (Å²) in [4.78, 5) is 2.38. The molecular weight excluding hydrogens is 602 g/mol. The van der Waals surface area contributed by atoms with Crippen LogP contribution in [-0.4, -0.2) is 8.07 Å². The fourth-order valence-corrected chi connectivity index (χ4v) is 11.3. The smallest absolute Gasteiger partial charge is 0.179 e. The summed E-state index contributed by atoms with van der Waals surface area (Å²) in [6, 6.07) is 66.3. The lowest BCUT2D eigenvalue weighted by Gasteiger charge is -2.35. The molecule has 0 saturated carbocycles. The maximum atomic E-state index is 3.68. The summed E-state index contributed by atoms with van der Waals surface area (Å²) in [5.74, 6) is 0. The zero-order valence-corrected chi connectivity index (χ0v) is 26.2. The number of para-hydroxylation sites is 1. The van der Waals surface area contributed by atoms with Crippen molar-refractivity contribution in [3.05, 3.63) is 186 Å². The Bertz CT molecular complexity index is 1910.